The van der Waals surface area contributed by atoms with Gasteiger partial charge in [0.2, 0.25) is 22.9 Å². The van der Waals surface area contributed by atoms with Crippen molar-refractivity contribution in [1.82, 2.24) is 0 Å². The zero-order chi connectivity index (χ0) is 37.5. The van der Waals surface area contributed by atoms with Crippen LogP contribution in [0, 0.1) is 22.9 Å². The van der Waals surface area contributed by atoms with Crippen LogP contribution >= 0.6 is 57.6 Å². The Hall–Kier alpha value is -4.20. The van der Waals surface area contributed by atoms with Crippen LogP contribution in [-0.2, 0) is 30.3 Å². The first-order valence-electron chi connectivity index (χ1n) is 18.0. The molecule has 0 atom stereocenters. The van der Waals surface area contributed by atoms with E-state index in [9.17, 15) is 0 Å². The van der Waals surface area contributed by atoms with Crippen LogP contribution in [0.5, 0.6) is 46.0 Å². The van der Waals surface area contributed by atoms with Crippen molar-refractivity contribution < 1.29 is 56.8 Å². The number of aryl methyl sites for hydroxylation is 2. The highest BCUT2D eigenvalue weighted by Crippen LogP contribution is 2.48. The molecule has 4 aromatic heterocycles. The molecule has 0 fully saturated rings. The van der Waals surface area contributed by atoms with Crippen LogP contribution in [0.2, 0.25) is 0 Å². The standard InChI is InChI=1S/C38H31O12S6/c1-16-20-24(44-8-5-40-20)32(52-16)31(51)22-18(39-3-4-42-22)15-19-23-26(46-10-7-43-23)34(54-19)36-28-30(50-14-12-48-28)38(56-36)37-29-27(47-11-13-49-29)35(55-37)33-25-21(17(2)53-33)41-6-9-45-25/h15H,3-14H2,1-2H3/q+1/b19-15-. The molecule has 0 bridgehead atoms. The Labute approximate surface area is 344 Å². The maximum atomic E-state index is 6.41. The van der Waals surface area contributed by atoms with Crippen molar-refractivity contribution in [3.63, 3.8) is 0 Å². The lowest BCUT2D eigenvalue weighted by Crippen LogP contribution is -2.21. The molecule has 290 valence electrons. The van der Waals surface area contributed by atoms with E-state index in [0.29, 0.717) is 136 Å². The van der Waals surface area contributed by atoms with Gasteiger partial charge in [-0.2, -0.15) is 0 Å². The third kappa shape index (κ3) is 5.58. The Morgan fingerprint density at radius 2 is 1.02 bits per heavy atom. The molecule has 56 heavy (non-hydrogen) atoms. The summed E-state index contributed by atoms with van der Waals surface area (Å²) >= 11 is 13.9. The summed E-state index contributed by atoms with van der Waals surface area (Å²) in [5.41, 5.74) is 0. The minimum atomic E-state index is 0.365. The predicted molar refractivity (Wildman–Crippen MR) is 217 cm³/mol. The van der Waals surface area contributed by atoms with Gasteiger partial charge in [-0.15, -0.1) is 45.3 Å². The SMILES string of the molecule is Cc1sc(C(=S)C2=C(/C=c3\s/c(=c4/s/c(=C5/[S+]=C(c6sc(C)c7c6OCCO7)C6=C5OCCO6)c5c4OCCO5)c4c3OCCO4)OCCO2)c2c1OCCO2. The summed E-state index contributed by atoms with van der Waals surface area (Å²) < 4.78 is 78.1. The van der Waals surface area contributed by atoms with Gasteiger partial charge in [-0.3, -0.25) is 0 Å². The summed E-state index contributed by atoms with van der Waals surface area (Å²) in [4.78, 5) is 6.14. The first kappa shape index (κ1) is 35.0. The minimum Gasteiger partial charge on any atom is -0.486 e. The normalized spacial score (nSPS) is 21.1. The number of allylic oxidation sites excluding steroid dienone is 3. The first-order valence-corrected chi connectivity index (χ1v) is 22.5. The van der Waals surface area contributed by atoms with Crippen molar-refractivity contribution in [2.75, 3.05) is 79.3 Å². The number of rotatable bonds is 4. The molecule has 0 amide bonds. The summed E-state index contributed by atoms with van der Waals surface area (Å²) in [6, 6.07) is 0. The molecule has 7 aliphatic rings. The lowest BCUT2D eigenvalue weighted by molar-refractivity contribution is 0.0845. The van der Waals surface area contributed by atoms with Crippen LogP contribution in [0.3, 0.4) is 0 Å². The van der Waals surface area contributed by atoms with Gasteiger partial charge >= 0.3 is 0 Å². The van der Waals surface area contributed by atoms with Crippen molar-refractivity contribution in [1.29, 1.82) is 0 Å². The summed E-state index contributed by atoms with van der Waals surface area (Å²) in [5, 5.41) is 0. The molecule has 11 heterocycles. The van der Waals surface area contributed by atoms with Gasteiger partial charge in [0.05, 0.1) is 18.5 Å². The Morgan fingerprint density at radius 3 is 1.77 bits per heavy atom. The molecule has 0 radical (unpaired) electrons. The fourth-order valence-corrected chi connectivity index (χ4v) is 13.4. The summed E-state index contributed by atoms with van der Waals surface area (Å²) in [5.74, 6) is 7.86. The van der Waals surface area contributed by atoms with Gasteiger partial charge in [0.15, 0.2) is 57.5 Å². The van der Waals surface area contributed by atoms with E-state index in [4.69, 9.17) is 69.1 Å². The molecule has 12 nitrogen and oxygen atoms in total. The van der Waals surface area contributed by atoms with E-state index >= 15 is 0 Å². The lowest BCUT2D eigenvalue weighted by atomic mass is 10.2. The van der Waals surface area contributed by atoms with E-state index in [0.717, 1.165) is 64.7 Å². The second-order valence-corrected chi connectivity index (χ2v) is 18.9. The third-order valence-electron chi connectivity index (χ3n) is 9.45. The van der Waals surface area contributed by atoms with Crippen LogP contribution in [0.4, 0.5) is 0 Å². The average Bonchev–Trinajstić information content (AvgIpc) is 4.06. The van der Waals surface area contributed by atoms with E-state index in [1.807, 2.05) is 19.9 Å². The molecule has 0 aliphatic carbocycles. The van der Waals surface area contributed by atoms with Crippen molar-refractivity contribution in [2.45, 2.75) is 13.8 Å². The number of thiophene rings is 4. The maximum absolute atomic E-state index is 6.41. The summed E-state index contributed by atoms with van der Waals surface area (Å²) in [6.07, 6.45) is 1.92. The molecule has 4 aromatic rings. The molecule has 0 spiro atoms. The smallest absolute Gasteiger partial charge is 0.298 e. The van der Waals surface area contributed by atoms with E-state index in [2.05, 4.69) is 0 Å². The zero-order valence-corrected chi connectivity index (χ0v) is 34.8. The van der Waals surface area contributed by atoms with Gasteiger partial charge in [0, 0.05) is 15.8 Å². The molecule has 18 heteroatoms. The van der Waals surface area contributed by atoms with Crippen LogP contribution < -0.4 is 47.0 Å². The van der Waals surface area contributed by atoms with Gasteiger partial charge in [-0.05, 0) is 13.8 Å². The van der Waals surface area contributed by atoms with E-state index in [1.165, 1.54) is 22.7 Å². The van der Waals surface area contributed by atoms with Gasteiger partial charge in [-0.1, -0.05) is 12.2 Å². The summed E-state index contributed by atoms with van der Waals surface area (Å²) in [6.45, 7) is 9.25. The molecule has 7 aliphatic heterocycles. The number of hydrogen-bond acceptors (Lipinski definition) is 17. The van der Waals surface area contributed by atoms with Gasteiger partial charge in [0.25, 0.3) is 9.77 Å². The fraction of sp³-hybridized carbons (Fsp3) is 0.368. The van der Waals surface area contributed by atoms with Gasteiger partial charge in [0.1, 0.15) is 93.6 Å². The highest BCUT2D eigenvalue weighted by atomic mass is 32.1. The lowest BCUT2D eigenvalue weighted by Gasteiger charge is -2.22. The molecule has 0 N–H and O–H groups in total. The van der Waals surface area contributed by atoms with Gasteiger partial charge < -0.3 is 56.8 Å². The van der Waals surface area contributed by atoms with Crippen molar-refractivity contribution >= 4 is 89.6 Å². The Kier molecular flexibility index (Phi) is 8.76. The van der Waals surface area contributed by atoms with Crippen molar-refractivity contribution in [3.8, 4) is 46.0 Å². The van der Waals surface area contributed by atoms with Crippen LogP contribution in [0.25, 0.3) is 11.0 Å². The maximum Gasteiger partial charge on any atom is 0.298 e. The average molecular weight is 872 g/mol. The van der Waals surface area contributed by atoms with E-state index in [-0.39, 0.29) is 0 Å². The topological polar surface area (TPSA) is 111 Å². The Bertz CT molecular complexity index is 2680. The molecular formula is C38H31O12S6+. The van der Waals surface area contributed by atoms with Crippen LogP contribution in [-0.4, -0.2) is 89.0 Å². The highest BCUT2D eigenvalue weighted by Gasteiger charge is 2.47. The van der Waals surface area contributed by atoms with Crippen molar-refractivity contribution in [3.05, 3.63) is 60.7 Å². The highest BCUT2D eigenvalue weighted by molar-refractivity contribution is 7.90. The quantitative estimate of drug-likeness (QED) is 0.155. The van der Waals surface area contributed by atoms with E-state index in [1.54, 1.807) is 34.0 Å². The molecule has 11 rings (SSSR count). The molecule has 0 saturated carbocycles. The number of thiocarbonyl (C=S) groups is 1. The van der Waals surface area contributed by atoms with Crippen LogP contribution in [0.1, 0.15) is 19.5 Å². The molecular weight excluding hydrogens is 841 g/mol. The number of hydrogen-bond donors (Lipinski definition) is 0. The minimum absolute atomic E-state index is 0.365. The second kappa shape index (κ2) is 14.0. The molecule has 0 aromatic carbocycles. The summed E-state index contributed by atoms with van der Waals surface area (Å²) in [7, 11) is 0. The zero-order valence-electron chi connectivity index (χ0n) is 29.9. The molecule has 0 saturated heterocycles. The monoisotopic (exact) mass is 871 g/mol. The van der Waals surface area contributed by atoms with Gasteiger partial charge in [-0.25, -0.2) is 0 Å². The largest absolute Gasteiger partial charge is 0.486 e. The van der Waals surface area contributed by atoms with Crippen LogP contribution in [0.15, 0.2) is 23.0 Å². The van der Waals surface area contributed by atoms with Crippen molar-refractivity contribution in [2.24, 2.45) is 0 Å². The fourth-order valence-electron chi connectivity index (χ4n) is 7.14. The molecule has 0 unspecified atom stereocenters. The van der Waals surface area contributed by atoms with E-state index < -0.39 is 0 Å². The second-order valence-electron chi connectivity index (χ2n) is 12.9. The first-order chi connectivity index (χ1) is 27.5. The number of fused-ring (bicyclic) bond motifs is 4. The Morgan fingerprint density at radius 1 is 0.500 bits per heavy atom. The Balaban J connectivity index is 1.11. The number of ether oxygens (including phenoxy) is 12. The third-order valence-corrected chi connectivity index (χ3v) is 16.0. The predicted octanol–water partition coefficient (Wildman–Crippen LogP) is 5.06.